The standard InChI is InChI=1S/C7H16O5/c1-4(9)7(11)5(2)12-6(10)3-8/h4-11H,3H2,1-2H3/t4-,5?,6?,7+/m1/s1. The number of aliphatic hydroxyl groups excluding tert-OH is 4. The minimum Gasteiger partial charge on any atom is -0.391 e. The summed E-state index contributed by atoms with van der Waals surface area (Å²) in [5.41, 5.74) is 0. The Bertz CT molecular complexity index is 116. The Morgan fingerprint density at radius 3 is 2.00 bits per heavy atom. The van der Waals surface area contributed by atoms with Crippen LogP contribution in [0, 0.1) is 0 Å². The van der Waals surface area contributed by atoms with Gasteiger partial charge in [0.1, 0.15) is 6.10 Å². The molecule has 0 aliphatic heterocycles. The molecule has 0 radical (unpaired) electrons. The minimum absolute atomic E-state index is 0.531. The van der Waals surface area contributed by atoms with Gasteiger partial charge in [-0.1, -0.05) is 0 Å². The van der Waals surface area contributed by atoms with Crippen molar-refractivity contribution < 1.29 is 25.2 Å². The molecule has 5 heteroatoms. The molecule has 74 valence electrons. The van der Waals surface area contributed by atoms with Crippen molar-refractivity contribution >= 4 is 0 Å². The first-order valence-electron chi connectivity index (χ1n) is 3.79. The van der Waals surface area contributed by atoms with Crippen molar-refractivity contribution in [3.05, 3.63) is 0 Å². The molecule has 0 aromatic heterocycles. The third-order valence-electron chi connectivity index (χ3n) is 1.50. The summed E-state index contributed by atoms with van der Waals surface area (Å²) in [5.74, 6) is 0. The van der Waals surface area contributed by atoms with Crippen molar-refractivity contribution in [1.82, 2.24) is 0 Å². The van der Waals surface area contributed by atoms with E-state index in [-0.39, 0.29) is 0 Å². The number of hydrogen-bond acceptors (Lipinski definition) is 5. The Hall–Kier alpha value is -0.200. The van der Waals surface area contributed by atoms with Gasteiger partial charge in [-0.3, -0.25) is 0 Å². The van der Waals surface area contributed by atoms with Crippen LogP contribution in [0.3, 0.4) is 0 Å². The maximum Gasteiger partial charge on any atom is 0.178 e. The van der Waals surface area contributed by atoms with E-state index >= 15 is 0 Å². The zero-order valence-electron chi connectivity index (χ0n) is 7.21. The summed E-state index contributed by atoms with van der Waals surface area (Å²) in [4.78, 5) is 0. The van der Waals surface area contributed by atoms with Crippen molar-refractivity contribution in [2.75, 3.05) is 6.61 Å². The van der Waals surface area contributed by atoms with E-state index in [4.69, 9.17) is 20.1 Å². The minimum atomic E-state index is -1.31. The van der Waals surface area contributed by atoms with Gasteiger partial charge < -0.3 is 25.2 Å². The van der Waals surface area contributed by atoms with Crippen molar-refractivity contribution in [2.45, 2.75) is 38.4 Å². The summed E-state index contributed by atoms with van der Waals surface area (Å²) < 4.78 is 4.72. The van der Waals surface area contributed by atoms with E-state index in [1.807, 2.05) is 0 Å². The summed E-state index contributed by atoms with van der Waals surface area (Å²) in [5, 5.41) is 35.3. The average Bonchev–Trinajstić information content (AvgIpc) is 2.02. The Morgan fingerprint density at radius 1 is 1.17 bits per heavy atom. The molecular weight excluding hydrogens is 164 g/mol. The smallest absolute Gasteiger partial charge is 0.178 e. The highest BCUT2D eigenvalue weighted by Crippen LogP contribution is 2.05. The van der Waals surface area contributed by atoms with Gasteiger partial charge in [0.2, 0.25) is 0 Å². The SMILES string of the molecule is CC(OC(O)CO)[C@@H](O)[C@@H](C)O. The molecule has 2 unspecified atom stereocenters. The van der Waals surface area contributed by atoms with Crippen LogP contribution in [0.2, 0.25) is 0 Å². The molecule has 0 aromatic carbocycles. The van der Waals surface area contributed by atoms with Gasteiger partial charge in [-0.05, 0) is 13.8 Å². The monoisotopic (exact) mass is 180 g/mol. The molecule has 0 spiro atoms. The molecule has 0 amide bonds. The van der Waals surface area contributed by atoms with E-state index in [9.17, 15) is 5.11 Å². The van der Waals surface area contributed by atoms with E-state index in [2.05, 4.69) is 0 Å². The lowest BCUT2D eigenvalue weighted by Gasteiger charge is -2.23. The fourth-order valence-corrected chi connectivity index (χ4v) is 0.764. The van der Waals surface area contributed by atoms with Gasteiger partial charge >= 0.3 is 0 Å². The molecule has 12 heavy (non-hydrogen) atoms. The fraction of sp³-hybridized carbons (Fsp3) is 1.00. The van der Waals surface area contributed by atoms with Crippen LogP contribution in [0.25, 0.3) is 0 Å². The first-order chi connectivity index (χ1) is 5.49. The second-order valence-electron chi connectivity index (χ2n) is 2.71. The Morgan fingerprint density at radius 2 is 1.67 bits per heavy atom. The van der Waals surface area contributed by atoms with Crippen LogP contribution < -0.4 is 0 Å². The predicted octanol–water partition coefficient (Wildman–Crippen LogP) is -1.56. The molecule has 0 saturated carbocycles. The van der Waals surface area contributed by atoms with Crippen molar-refractivity contribution in [3.63, 3.8) is 0 Å². The highest BCUT2D eigenvalue weighted by molar-refractivity contribution is 4.69. The fourth-order valence-electron chi connectivity index (χ4n) is 0.764. The maximum absolute atomic E-state index is 9.17. The molecule has 0 bridgehead atoms. The predicted molar refractivity (Wildman–Crippen MR) is 41.3 cm³/mol. The second-order valence-corrected chi connectivity index (χ2v) is 2.71. The molecule has 0 aromatic rings. The topological polar surface area (TPSA) is 90.2 Å². The molecule has 0 aliphatic rings. The Kier molecular flexibility index (Phi) is 5.36. The van der Waals surface area contributed by atoms with Gasteiger partial charge in [0.25, 0.3) is 0 Å². The van der Waals surface area contributed by atoms with E-state index in [1.54, 1.807) is 0 Å². The summed E-state index contributed by atoms with van der Waals surface area (Å²) >= 11 is 0. The first kappa shape index (κ1) is 11.8. The first-order valence-corrected chi connectivity index (χ1v) is 3.79. The normalized spacial score (nSPS) is 21.5. The number of ether oxygens (including phenoxy) is 1. The van der Waals surface area contributed by atoms with Crippen molar-refractivity contribution in [2.24, 2.45) is 0 Å². The largest absolute Gasteiger partial charge is 0.391 e. The van der Waals surface area contributed by atoms with E-state index in [0.717, 1.165) is 0 Å². The lowest BCUT2D eigenvalue weighted by atomic mass is 10.1. The zero-order chi connectivity index (χ0) is 9.72. The summed E-state index contributed by atoms with van der Waals surface area (Å²) in [7, 11) is 0. The molecule has 0 heterocycles. The second kappa shape index (κ2) is 5.45. The Labute approximate surface area is 71.2 Å². The third-order valence-corrected chi connectivity index (χ3v) is 1.50. The molecule has 4 N–H and O–H groups in total. The molecular formula is C7H16O5. The summed E-state index contributed by atoms with van der Waals surface area (Å²) in [6, 6.07) is 0. The van der Waals surface area contributed by atoms with Crippen LogP contribution in [0.1, 0.15) is 13.8 Å². The number of aliphatic hydroxyl groups is 4. The van der Waals surface area contributed by atoms with Crippen LogP contribution in [-0.2, 0) is 4.74 Å². The highest BCUT2D eigenvalue weighted by Gasteiger charge is 2.21. The van der Waals surface area contributed by atoms with Crippen LogP contribution in [0.4, 0.5) is 0 Å². The van der Waals surface area contributed by atoms with Crippen LogP contribution in [0.5, 0.6) is 0 Å². The van der Waals surface area contributed by atoms with Crippen LogP contribution >= 0.6 is 0 Å². The van der Waals surface area contributed by atoms with Crippen LogP contribution in [0.15, 0.2) is 0 Å². The van der Waals surface area contributed by atoms with Gasteiger partial charge in [0.05, 0.1) is 18.8 Å². The number of hydrogen-bond donors (Lipinski definition) is 4. The van der Waals surface area contributed by atoms with Crippen LogP contribution in [-0.4, -0.2) is 51.6 Å². The zero-order valence-corrected chi connectivity index (χ0v) is 7.21. The third kappa shape index (κ3) is 3.99. The molecule has 0 aliphatic carbocycles. The van der Waals surface area contributed by atoms with Gasteiger partial charge in [0.15, 0.2) is 6.29 Å². The molecule has 4 atom stereocenters. The molecule has 0 rings (SSSR count). The molecule has 5 nitrogen and oxygen atoms in total. The van der Waals surface area contributed by atoms with Gasteiger partial charge in [-0.2, -0.15) is 0 Å². The Balaban J connectivity index is 3.78. The summed E-state index contributed by atoms with van der Waals surface area (Å²) in [6.07, 6.45) is -4.02. The lowest BCUT2D eigenvalue weighted by Crippen LogP contribution is -2.38. The van der Waals surface area contributed by atoms with E-state index < -0.39 is 31.2 Å². The molecule has 0 fully saturated rings. The van der Waals surface area contributed by atoms with Gasteiger partial charge in [-0.15, -0.1) is 0 Å². The number of rotatable bonds is 5. The quantitative estimate of drug-likeness (QED) is 0.384. The lowest BCUT2D eigenvalue weighted by molar-refractivity contribution is -0.186. The van der Waals surface area contributed by atoms with Crippen molar-refractivity contribution in [1.29, 1.82) is 0 Å². The van der Waals surface area contributed by atoms with Gasteiger partial charge in [-0.25, -0.2) is 0 Å². The average molecular weight is 180 g/mol. The van der Waals surface area contributed by atoms with E-state index in [0.29, 0.717) is 0 Å². The highest BCUT2D eigenvalue weighted by atomic mass is 16.6. The maximum atomic E-state index is 9.17. The summed E-state index contributed by atoms with van der Waals surface area (Å²) in [6.45, 7) is 2.38. The van der Waals surface area contributed by atoms with E-state index in [1.165, 1.54) is 13.8 Å². The van der Waals surface area contributed by atoms with Crippen molar-refractivity contribution in [3.8, 4) is 0 Å². The van der Waals surface area contributed by atoms with Gasteiger partial charge in [0, 0.05) is 0 Å². The molecule has 0 saturated heterocycles.